The van der Waals surface area contributed by atoms with Gasteiger partial charge in [-0.3, -0.25) is 4.79 Å². The molecule has 2 N–H and O–H groups in total. The first-order valence-electron chi connectivity index (χ1n) is 10.8. The number of nitrogens with two attached hydrogens (primary N) is 1. The molecule has 166 valence electrons. The Kier molecular flexibility index (Phi) is 5.65. The summed E-state index contributed by atoms with van der Waals surface area (Å²) in [6, 6.07) is 7.61. The Hall–Kier alpha value is -1.77. The fourth-order valence-corrected chi connectivity index (χ4v) is 7.06. The maximum atomic E-state index is 13.2. The zero-order valence-electron chi connectivity index (χ0n) is 17.4. The molecule has 3 aliphatic carbocycles. The summed E-state index contributed by atoms with van der Waals surface area (Å²) < 4.78 is 10.9. The number of halogens is 1. The molecule has 1 aromatic carbocycles. The molecule has 6 rings (SSSR count). The Morgan fingerprint density at radius 2 is 1.97 bits per heavy atom. The normalized spacial score (nSPS) is 27.4. The first-order chi connectivity index (χ1) is 15.0. The number of anilines is 1. The van der Waals surface area contributed by atoms with Gasteiger partial charge in [0.2, 0.25) is 11.8 Å². The molecular formula is C22H27ClN4O3S. The molecule has 2 aromatic rings. The fraction of sp³-hybridized carbons (Fsp3) is 0.591. The van der Waals surface area contributed by atoms with E-state index in [4.69, 9.17) is 26.5 Å². The number of nitrogens with zero attached hydrogens (tertiary/aromatic N) is 3. The number of carbonyl (C=O) groups excluding carboxylic acids is 1. The summed E-state index contributed by atoms with van der Waals surface area (Å²) in [5, 5.41) is 8.36. The highest BCUT2D eigenvalue weighted by Crippen LogP contribution is 2.77. The van der Waals surface area contributed by atoms with Gasteiger partial charge in [-0.05, 0) is 61.0 Å². The lowest BCUT2D eigenvalue weighted by Gasteiger charge is -2.74. The van der Waals surface area contributed by atoms with Crippen LogP contribution in [0, 0.1) is 16.7 Å². The molecule has 1 saturated heterocycles. The number of ether oxygens (including phenoxy) is 1. The topological polar surface area (TPSA) is 94.5 Å². The number of rotatable bonds is 8. The minimum Gasteiger partial charge on any atom is -0.406 e. The van der Waals surface area contributed by atoms with Gasteiger partial charge < -0.3 is 19.8 Å². The van der Waals surface area contributed by atoms with Gasteiger partial charge in [0, 0.05) is 24.7 Å². The van der Waals surface area contributed by atoms with Crippen molar-refractivity contribution in [1.82, 2.24) is 15.1 Å². The lowest BCUT2D eigenvalue weighted by atomic mass is 9.31. The van der Waals surface area contributed by atoms with Gasteiger partial charge in [0.15, 0.2) is 0 Å². The minimum absolute atomic E-state index is 0.0248. The molecule has 0 spiro atoms. The van der Waals surface area contributed by atoms with E-state index in [0.29, 0.717) is 22.1 Å². The van der Waals surface area contributed by atoms with Crippen LogP contribution in [0.1, 0.15) is 38.0 Å². The Morgan fingerprint density at radius 3 is 2.65 bits per heavy atom. The smallest absolute Gasteiger partial charge is 0.312 e. The summed E-state index contributed by atoms with van der Waals surface area (Å²) in [5.74, 6) is 1.51. The third-order valence-corrected chi connectivity index (χ3v) is 8.64. The molecular weight excluding hydrogens is 436 g/mol. The van der Waals surface area contributed by atoms with E-state index in [1.807, 2.05) is 29.2 Å². The van der Waals surface area contributed by atoms with E-state index in [1.165, 1.54) is 43.9 Å². The summed E-state index contributed by atoms with van der Waals surface area (Å²) in [4.78, 5) is 16.0. The molecule has 1 amide bonds. The van der Waals surface area contributed by atoms with Crippen LogP contribution in [0.5, 0.6) is 0 Å². The molecule has 4 aliphatic rings. The maximum absolute atomic E-state index is 13.2. The molecule has 0 radical (unpaired) electrons. The van der Waals surface area contributed by atoms with E-state index >= 15 is 0 Å². The van der Waals surface area contributed by atoms with Crippen LogP contribution in [0.2, 0.25) is 5.02 Å². The monoisotopic (exact) mass is 462 g/mol. The SMILES string of the molecule is Nc1nnc(CN(CC23CC(C4CCOCC4)(C2)C3)C(=O)CSc2ccccc2Cl)o1. The zero-order valence-corrected chi connectivity index (χ0v) is 19.0. The molecule has 4 fully saturated rings. The van der Waals surface area contributed by atoms with Crippen molar-refractivity contribution in [2.45, 2.75) is 43.5 Å². The second-order valence-electron chi connectivity index (χ2n) is 9.28. The largest absolute Gasteiger partial charge is 0.406 e. The fourth-order valence-electron chi connectivity index (χ4n) is 5.92. The number of aromatic nitrogens is 2. The van der Waals surface area contributed by atoms with E-state index < -0.39 is 0 Å². The highest BCUT2D eigenvalue weighted by atomic mass is 35.5. The standard InChI is InChI=1S/C22H27ClN4O3S/c23-16-3-1-2-4-17(16)31-10-19(28)27(9-18-25-26-20(24)30-18)14-21-11-22(12-21,13-21)15-5-7-29-8-6-15/h1-4,15H,5-14H2,(H2,24,26). The number of hydrogen-bond donors (Lipinski definition) is 1. The van der Waals surface area contributed by atoms with Crippen LogP contribution in [0.25, 0.3) is 0 Å². The van der Waals surface area contributed by atoms with Crippen molar-refractivity contribution in [3.8, 4) is 0 Å². The van der Waals surface area contributed by atoms with E-state index in [0.717, 1.165) is 30.6 Å². The third kappa shape index (κ3) is 4.17. The molecule has 2 bridgehead atoms. The summed E-state index contributed by atoms with van der Waals surface area (Å²) in [7, 11) is 0. The van der Waals surface area contributed by atoms with Crippen molar-refractivity contribution in [3.63, 3.8) is 0 Å². The lowest BCUT2D eigenvalue weighted by molar-refractivity contribution is -0.253. The summed E-state index contributed by atoms with van der Waals surface area (Å²) >= 11 is 7.71. The first kappa shape index (κ1) is 21.1. The van der Waals surface area contributed by atoms with Crippen LogP contribution in [0.15, 0.2) is 33.6 Å². The van der Waals surface area contributed by atoms with Crippen LogP contribution in [-0.2, 0) is 16.1 Å². The van der Waals surface area contributed by atoms with E-state index in [9.17, 15) is 4.79 Å². The Morgan fingerprint density at radius 1 is 1.23 bits per heavy atom. The van der Waals surface area contributed by atoms with Gasteiger partial charge in [-0.1, -0.05) is 28.8 Å². The molecule has 0 atom stereocenters. The zero-order chi connectivity index (χ0) is 21.5. The molecule has 1 aromatic heterocycles. The van der Waals surface area contributed by atoms with E-state index in [2.05, 4.69) is 10.2 Å². The molecule has 1 aliphatic heterocycles. The van der Waals surface area contributed by atoms with Crippen LogP contribution >= 0.6 is 23.4 Å². The third-order valence-electron chi connectivity index (χ3n) is 7.14. The Balaban J connectivity index is 1.23. The van der Waals surface area contributed by atoms with Crippen LogP contribution in [0.3, 0.4) is 0 Å². The predicted molar refractivity (Wildman–Crippen MR) is 119 cm³/mol. The second-order valence-corrected chi connectivity index (χ2v) is 10.7. The molecule has 0 unspecified atom stereocenters. The second kappa shape index (κ2) is 8.30. The summed E-state index contributed by atoms with van der Waals surface area (Å²) in [6.45, 7) is 2.80. The van der Waals surface area contributed by atoms with Gasteiger partial charge in [-0.15, -0.1) is 16.9 Å². The summed E-state index contributed by atoms with van der Waals surface area (Å²) in [6.07, 6.45) is 5.97. The van der Waals surface area contributed by atoms with Gasteiger partial charge in [0.1, 0.15) is 0 Å². The van der Waals surface area contributed by atoms with Gasteiger partial charge in [0.25, 0.3) is 0 Å². The molecule has 2 heterocycles. The van der Waals surface area contributed by atoms with Crippen LogP contribution in [0.4, 0.5) is 6.01 Å². The first-order valence-corrected chi connectivity index (χ1v) is 12.1. The van der Waals surface area contributed by atoms with Crippen molar-refractivity contribution in [2.24, 2.45) is 16.7 Å². The van der Waals surface area contributed by atoms with E-state index in [-0.39, 0.29) is 23.9 Å². The van der Waals surface area contributed by atoms with Crippen molar-refractivity contribution in [1.29, 1.82) is 0 Å². The van der Waals surface area contributed by atoms with Gasteiger partial charge in [0.05, 0.1) is 17.3 Å². The summed E-state index contributed by atoms with van der Waals surface area (Å²) in [5.41, 5.74) is 6.30. The van der Waals surface area contributed by atoms with Crippen molar-refractivity contribution >= 4 is 35.3 Å². The highest BCUT2D eigenvalue weighted by molar-refractivity contribution is 8.00. The number of amides is 1. The quantitative estimate of drug-likeness (QED) is 0.592. The minimum atomic E-state index is 0.0248. The molecule has 3 saturated carbocycles. The Bertz CT molecular complexity index is 942. The van der Waals surface area contributed by atoms with Gasteiger partial charge in [-0.25, -0.2) is 0 Å². The highest BCUT2D eigenvalue weighted by Gasteiger charge is 2.70. The average molecular weight is 463 g/mol. The lowest BCUT2D eigenvalue weighted by Crippen LogP contribution is -2.68. The van der Waals surface area contributed by atoms with Crippen molar-refractivity contribution in [2.75, 3.05) is 31.2 Å². The maximum Gasteiger partial charge on any atom is 0.312 e. The number of thioether (sulfide) groups is 1. The van der Waals surface area contributed by atoms with Crippen molar-refractivity contribution < 1.29 is 13.9 Å². The average Bonchev–Trinajstić information content (AvgIpc) is 3.13. The van der Waals surface area contributed by atoms with Crippen molar-refractivity contribution in [3.05, 3.63) is 35.2 Å². The van der Waals surface area contributed by atoms with Crippen LogP contribution < -0.4 is 5.73 Å². The number of carbonyl (C=O) groups is 1. The molecule has 31 heavy (non-hydrogen) atoms. The number of hydrogen-bond acceptors (Lipinski definition) is 7. The van der Waals surface area contributed by atoms with E-state index in [1.54, 1.807) is 0 Å². The van der Waals surface area contributed by atoms with Gasteiger partial charge in [-0.2, -0.15) is 0 Å². The van der Waals surface area contributed by atoms with Gasteiger partial charge >= 0.3 is 6.01 Å². The number of nitrogen functional groups attached to an aromatic ring is 1. The predicted octanol–water partition coefficient (Wildman–Crippen LogP) is 4.02. The number of benzene rings is 1. The Labute approximate surface area is 191 Å². The molecule has 7 nitrogen and oxygen atoms in total. The van der Waals surface area contributed by atoms with Crippen LogP contribution in [-0.4, -0.2) is 46.5 Å². The molecule has 9 heteroatoms.